The van der Waals surface area contributed by atoms with Crippen LogP contribution in [0.4, 0.5) is 40.8 Å². The number of hydrogen-bond acceptors (Lipinski definition) is 8. The smallest absolute Gasteiger partial charge is 0.295 e. The van der Waals surface area contributed by atoms with Gasteiger partial charge in [-0.3, -0.25) is 5.10 Å². The van der Waals surface area contributed by atoms with E-state index < -0.39 is 44.3 Å². The summed E-state index contributed by atoms with van der Waals surface area (Å²) in [4.78, 5) is 13.7. The monoisotopic (exact) mass is 564 g/mol. The Morgan fingerprint density at radius 1 is 1.13 bits per heavy atom. The third kappa shape index (κ3) is 5.17. The van der Waals surface area contributed by atoms with E-state index in [9.17, 15) is 17.2 Å². The van der Waals surface area contributed by atoms with Crippen molar-refractivity contribution in [1.82, 2.24) is 29.7 Å². The fourth-order valence-electron chi connectivity index (χ4n) is 4.23. The van der Waals surface area contributed by atoms with Crippen LogP contribution in [0, 0.1) is 18.6 Å². The second-order valence-corrected chi connectivity index (χ2v) is 11.4. The van der Waals surface area contributed by atoms with Crippen LogP contribution in [0.1, 0.15) is 42.3 Å². The number of aromatic amines is 1. The number of alkyl halides is 2. The Morgan fingerprint density at radius 2 is 1.79 bits per heavy atom. The number of halogens is 4. The van der Waals surface area contributed by atoms with Crippen molar-refractivity contribution < 1.29 is 26.0 Å². The Bertz CT molecular complexity index is 1660. The first-order valence-electron chi connectivity index (χ1n) is 11.8. The van der Waals surface area contributed by atoms with Crippen LogP contribution in [-0.4, -0.2) is 51.4 Å². The zero-order chi connectivity index (χ0) is 28.2. The molecular weight excluding hydrogens is 540 g/mol. The highest BCUT2D eigenvalue weighted by Crippen LogP contribution is 2.48. The number of aryl methyl sites for hydroxylation is 2. The summed E-state index contributed by atoms with van der Waals surface area (Å²) in [5, 5.41) is 10.1. The van der Waals surface area contributed by atoms with Crippen molar-refractivity contribution >= 4 is 33.1 Å². The highest BCUT2D eigenvalue weighted by molar-refractivity contribution is 7.90. The normalized spacial score (nSPS) is 13.8. The van der Waals surface area contributed by atoms with Gasteiger partial charge in [0, 0.05) is 43.9 Å². The zero-order valence-electron chi connectivity index (χ0n) is 21.3. The van der Waals surface area contributed by atoms with E-state index in [1.54, 1.807) is 13.0 Å². The first-order valence-corrected chi connectivity index (χ1v) is 13.7. The highest BCUT2D eigenvalue weighted by atomic mass is 32.2. The Kier molecular flexibility index (Phi) is 6.56. The molecule has 2 N–H and O–H groups in total. The molecule has 0 amide bonds. The summed E-state index contributed by atoms with van der Waals surface area (Å²) < 4.78 is 82.2. The van der Waals surface area contributed by atoms with Gasteiger partial charge in [0.1, 0.15) is 22.9 Å². The molecule has 0 atom stereocenters. The molecule has 1 aliphatic carbocycles. The van der Waals surface area contributed by atoms with E-state index in [0.29, 0.717) is 23.5 Å². The van der Waals surface area contributed by atoms with Crippen molar-refractivity contribution in [2.75, 3.05) is 23.5 Å². The fraction of sp³-hybridized carbons (Fsp3) is 0.333. The second kappa shape index (κ2) is 9.63. The van der Waals surface area contributed by atoms with Crippen molar-refractivity contribution in [3.05, 3.63) is 53.1 Å². The molecule has 1 aliphatic rings. The molecule has 15 heteroatoms. The molecule has 3 heterocycles. The quantitative estimate of drug-likeness (QED) is 0.290. The molecule has 206 valence electrons. The highest BCUT2D eigenvalue weighted by Gasteiger charge is 2.34. The first-order chi connectivity index (χ1) is 18.3. The summed E-state index contributed by atoms with van der Waals surface area (Å²) in [5.74, 6) is -2.26. The van der Waals surface area contributed by atoms with Crippen molar-refractivity contribution in [2.45, 2.75) is 37.0 Å². The maximum absolute atomic E-state index is 15.1. The van der Waals surface area contributed by atoms with Gasteiger partial charge < -0.3 is 14.8 Å². The molecule has 0 aliphatic heterocycles. The Labute approximate surface area is 221 Å². The van der Waals surface area contributed by atoms with Crippen molar-refractivity contribution in [2.24, 2.45) is 7.05 Å². The molecule has 39 heavy (non-hydrogen) atoms. The third-order valence-corrected chi connectivity index (χ3v) is 7.37. The molecule has 3 aromatic heterocycles. The van der Waals surface area contributed by atoms with Gasteiger partial charge >= 0.3 is 0 Å². The Hall–Kier alpha value is -4.01. The van der Waals surface area contributed by atoms with Crippen LogP contribution in [0.25, 0.3) is 11.4 Å². The molecule has 4 aromatic rings. The molecule has 5 rings (SSSR count). The van der Waals surface area contributed by atoms with Gasteiger partial charge in [0.15, 0.2) is 33.1 Å². The number of anilines is 4. The largest absolute Gasteiger partial charge is 0.333 e. The molecule has 10 nitrogen and oxygen atoms in total. The maximum atomic E-state index is 15.1. The number of aromatic nitrogens is 6. The molecule has 1 aromatic carbocycles. The summed E-state index contributed by atoms with van der Waals surface area (Å²) in [6.45, 7) is 1.80. The van der Waals surface area contributed by atoms with Crippen molar-refractivity contribution in [3.63, 3.8) is 0 Å². The maximum Gasteiger partial charge on any atom is 0.295 e. The predicted molar refractivity (Wildman–Crippen MR) is 135 cm³/mol. The fourth-order valence-corrected chi connectivity index (χ4v) is 4.87. The Balaban J connectivity index is 1.70. The second-order valence-electron chi connectivity index (χ2n) is 9.43. The lowest BCUT2D eigenvalue weighted by Crippen LogP contribution is -2.19. The first kappa shape index (κ1) is 26.6. The molecule has 0 spiro atoms. The van der Waals surface area contributed by atoms with Gasteiger partial charge in [-0.05, 0) is 37.8 Å². The SMILES string of the molecule is Cc1cc(Nc2nc(N(C)c3c(F)cc(S(C)(=O)=O)cc3F)nc(-c3cn(C)c(C(F)F)n3)c2C2CC2)n[nH]1. The molecule has 0 radical (unpaired) electrons. The minimum Gasteiger partial charge on any atom is -0.333 e. The number of nitrogens with one attached hydrogen (secondary N) is 2. The molecule has 0 bridgehead atoms. The van der Waals surface area contributed by atoms with E-state index in [-0.39, 0.29) is 29.1 Å². The van der Waals surface area contributed by atoms with Crippen molar-refractivity contribution in [1.29, 1.82) is 0 Å². The number of nitrogens with zero attached hydrogens (tertiary/aromatic N) is 6. The van der Waals surface area contributed by atoms with Gasteiger partial charge in [0.2, 0.25) is 5.95 Å². The van der Waals surface area contributed by atoms with E-state index in [1.807, 2.05) is 0 Å². The zero-order valence-corrected chi connectivity index (χ0v) is 22.1. The van der Waals surface area contributed by atoms with Crippen molar-refractivity contribution in [3.8, 4) is 11.4 Å². The average molecular weight is 565 g/mol. The van der Waals surface area contributed by atoms with Crippen LogP contribution in [0.15, 0.2) is 29.3 Å². The summed E-state index contributed by atoms with van der Waals surface area (Å²) in [6, 6.07) is 3.15. The van der Waals surface area contributed by atoms with Crippen LogP contribution in [0.5, 0.6) is 0 Å². The predicted octanol–water partition coefficient (Wildman–Crippen LogP) is 4.92. The summed E-state index contributed by atoms with van der Waals surface area (Å²) in [5.41, 5.74) is 1.14. The number of sulfone groups is 1. The lowest BCUT2D eigenvalue weighted by atomic mass is 10.1. The molecule has 0 saturated heterocycles. The van der Waals surface area contributed by atoms with Crippen LogP contribution in [0.3, 0.4) is 0 Å². The minimum atomic E-state index is -3.88. The summed E-state index contributed by atoms with van der Waals surface area (Å²) >= 11 is 0. The van der Waals surface area contributed by atoms with Gasteiger partial charge in [-0.15, -0.1) is 0 Å². The topological polar surface area (TPSA) is 122 Å². The van der Waals surface area contributed by atoms with E-state index in [2.05, 4.69) is 30.5 Å². The lowest BCUT2D eigenvalue weighted by Gasteiger charge is -2.22. The third-order valence-electron chi connectivity index (χ3n) is 6.28. The standard InChI is InChI=1S/C24H24F4N8O2S/c1-11-7-17(34-33-11)30-22-18(12-5-6-12)19(16-10-35(2)23(29-16)21(27)28)31-24(32-22)36(3)20-14(25)8-13(9-15(20)26)39(4,37)38/h7-10,12,21H,5-6H2,1-4H3,(H2,30,31,32,33,34). The van der Waals surface area contributed by atoms with Gasteiger partial charge in [0.25, 0.3) is 6.43 Å². The molecule has 0 unspecified atom stereocenters. The average Bonchev–Trinajstić information content (AvgIpc) is 3.48. The van der Waals surface area contributed by atoms with Crippen LogP contribution in [-0.2, 0) is 16.9 Å². The lowest BCUT2D eigenvalue weighted by molar-refractivity contribution is 0.137. The molecule has 1 saturated carbocycles. The summed E-state index contributed by atoms with van der Waals surface area (Å²) in [6.07, 6.45) is 1.00. The van der Waals surface area contributed by atoms with Crippen LogP contribution >= 0.6 is 0 Å². The van der Waals surface area contributed by atoms with E-state index in [0.717, 1.165) is 29.7 Å². The molecule has 1 fully saturated rings. The molecular formula is C24H24F4N8O2S. The van der Waals surface area contributed by atoms with E-state index in [1.165, 1.54) is 24.9 Å². The van der Waals surface area contributed by atoms with E-state index in [4.69, 9.17) is 0 Å². The van der Waals surface area contributed by atoms with E-state index >= 15 is 8.78 Å². The van der Waals surface area contributed by atoms with Gasteiger partial charge in [-0.25, -0.2) is 35.9 Å². The number of rotatable bonds is 8. The number of H-pyrrole nitrogens is 1. The number of benzene rings is 1. The summed E-state index contributed by atoms with van der Waals surface area (Å²) in [7, 11) is -1.13. The van der Waals surface area contributed by atoms with Gasteiger partial charge in [0.05, 0.1) is 4.90 Å². The Morgan fingerprint density at radius 3 is 2.31 bits per heavy atom. The minimum absolute atomic E-state index is 0.00131. The number of imidazole rings is 1. The van der Waals surface area contributed by atoms with Gasteiger partial charge in [-0.1, -0.05) is 0 Å². The van der Waals surface area contributed by atoms with Crippen LogP contribution in [0.2, 0.25) is 0 Å². The number of hydrogen-bond donors (Lipinski definition) is 2. The van der Waals surface area contributed by atoms with Gasteiger partial charge in [-0.2, -0.15) is 10.1 Å². The van der Waals surface area contributed by atoms with Crippen LogP contribution < -0.4 is 10.2 Å².